The van der Waals surface area contributed by atoms with E-state index in [1.807, 2.05) is 0 Å². The van der Waals surface area contributed by atoms with Gasteiger partial charge in [-0.25, -0.2) is 13.6 Å². The topological polar surface area (TPSA) is 106 Å². The second kappa shape index (κ2) is 6.25. The van der Waals surface area contributed by atoms with Gasteiger partial charge in [0.1, 0.15) is 0 Å². The second-order valence-corrected chi connectivity index (χ2v) is 8.38. The zero-order valence-corrected chi connectivity index (χ0v) is 13.3. The number of carbonyl (C=O) groups excluding carboxylic acids is 1. The van der Waals surface area contributed by atoms with Crippen molar-refractivity contribution in [3.8, 4) is 0 Å². The molecule has 1 saturated heterocycles. The number of aryl methyl sites for hydroxylation is 1. The molecule has 0 bridgehead atoms. The van der Waals surface area contributed by atoms with Gasteiger partial charge in [0.2, 0.25) is 10.0 Å². The van der Waals surface area contributed by atoms with Crippen molar-refractivity contribution in [1.29, 1.82) is 0 Å². The van der Waals surface area contributed by atoms with Gasteiger partial charge in [-0.3, -0.25) is 9.00 Å². The molecule has 0 aliphatic carbocycles. The molecular weight excluding hydrogens is 312 g/mol. The maximum atomic E-state index is 12.2. The average molecular weight is 330 g/mol. The molecule has 1 fully saturated rings. The van der Waals surface area contributed by atoms with Crippen molar-refractivity contribution in [2.75, 3.05) is 11.5 Å². The molecule has 2 rings (SSSR count). The molecule has 8 heteroatoms. The van der Waals surface area contributed by atoms with Gasteiger partial charge in [0.25, 0.3) is 5.91 Å². The Balaban J connectivity index is 2.11. The number of rotatable bonds is 3. The lowest BCUT2D eigenvalue weighted by molar-refractivity contribution is 0.0934. The van der Waals surface area contributed by atoms with Crippen LogP contribution in [0.4, 0.5) is 0 Å². The van der Waals surface area contributed by atoms with Crippen LogP contribution in [-0.4, -0.2) is 36.1 Å². The van der Waals surface area contributed by atoms with Crippen LogP contribution in [0.3, 0.4) is 0 Å². The molecule has 0 atom stereocenters. The lowest BCUT2D eigenvalue weighted by atomic mass is 10.1. The van der Waals surface area contributed by atoms with E-state index in [-0.39, 0.29) is 16.8 Å². The Morgan fingerprint density at radius 1 is 1.33 bits per heavy atom. The number of nitrogens with one attached hydrogen (secondary N) is 1. The Morgan fingerprint density at radius 3 is 2.48 bits per heavy atom. The third-order valence-electron chi connectivity index (χ3n) is 3.49. The molecule has 1 amide bonds. The van der Waals surface area contributed by atoms with Crippen molar-refractivity contribution in [2.24, 2.45) is 5.14 Å². The highest BCUT2D eigenvalue weighted by Crippen LogP contribution is 2.16. The van der Waals surface area contributed by atoms with E-state index in [1.165, 1.54) is 18.2 Å². The fourth-order valence-electron chi connectivity index (χ4n) is 2.27. The predicted octanol–water partition coefficient (Wildman–Crippen LogP) is 0.283. The summed E-state index contributed by atoms with van der Waals surface area (Å²) in [6.45, 7) is 1.67. The van der Waals surface area contributed by atoms with Crippen LogP contribution in [0, 0.1) is 6.92 Å². The minimum absolute atomic E-state index is 0.00962. The zero-order chi connectivity index (χ0) is 15.6. The van der Waals surface area contributed by atoms with Crippen LogP contribution in [0.1, 0.15) is 28.8 Å². The molecule has 0 spiro atoms. The van der Waals surface area contributed by atoms with Gasteiger partial charge in [-0.2, -0.15) is 0 Å². The summed E-state index contributed by atoms with van der Waals surface area (Å²) in [6.07, 6.45) is 1.40. The molecular formula is C13H18N2O4S2. The Labute approximate surface area is 126 Å². The van der Waals surface area contributed by atoms with E-state index in [2.05, 4.69) is 5.32 Å². The monoisotopic (exact) mass is 330 g/mol. The number of carbonyl (C=O) groups is 1. The molecule has 1 aromatic rings. The van der Waals surface area contributed by atoms with Gasteiger partial charge < -0.3 is 5.32 Å². The van der Waals surface area contributed by atoms with Crippen molar-refractivity contribution in [1.82, 2.24) is 5.32 Å². The molecule has 1 aliphatic rings. The van der Waals surface area contributed by atoms with E-state index in [1.54, 1.807) is 6.92 Å². The maximum absolute atomic E-state index is 12.2. The number of hydrogen-bond donors (Lipinski definition) is 2. The van der Waals surface area contributed by atoms with Crippen molar-refractivity contribution < 1.29 is 17.4 Å². The first kappa shape index (κ1) is 16.1. The molecule has 1 aromatic carbocycles. The molecule has 1 aliphatic heterocycles. The van der Waals surface area contributed by atoms with Gasteiger partial charge in [-0.1, -0.05) is 0 Å². The lowest BCUT2D eigenvalue weighted by Gasteiger charge is -2.23. The van der Waals surface area contributed by atoms with E-state index in [0.29, 0.717) is 35.5 Å². The molecule has 0 unspecified atom stereocenters. The van der Waals surface area contributed by atoms with Crippen molar-refractivity contribution in [2.45, 2.75) is 30.7 Å². The molecule has 1 heterocycles. The van der Waals surface area contributed by atoms with Gasteiger partial charge in [0.15, 0.2) is 0 Å². The Kier molecular flexibility index (Phi) is 4.80. The van der Waals surface area contributed by atoms with E-state index >= 15 is 0 Å². The first-order chi connectivity index (χ1) is 9.77. The molecule has 21 heavy (non-hydrogen) atoms. The lowest BCUT2D eigenvalue weighted by Crippen LogP contribution is -2.39. The number of amides is 1. The second-order valence-electron chi connectivity index (χ2n) is 5.12. The van der Waals surface area contributed by atoms with Crippen LogP contribution in [0.5, 0.6) is 0 Å². The SMILES string of the molecule is Cc1cc(S(N)(=O)=O)ccc1C(=O)NC1CCS(=O)CC1. The summed E-state index contributed by atoms with van der Waals surface area (Å²) in [4.78, 5) is 12.2. The summed E-state index contributed by atoms with van der Waals surface area (Å²) in [5.41, 5.74) is 0.979. The summed E-state index contributed by atoms with van der Waals surface area (Å²) < 4.78 is 33.8. The number of primary sulfonamides is 1. The van der Waals surface area contributed by atoms with E-state index < -0.39 is 20.8 Å². The number of sulfonamides is 1. The minimum Gasteiger partial charge on any atom is -0.349 e. The van der Waals surface area contributed by atoms with Gasteiger partial charge >= 0.3 is 0 Å². The molecule has 116 valence electrons. The number of hydrogen-bond acceptors (Lipinski definition) is 4. The van der Waals surface area contributed by atoms with Crippen molar-refractivity contribution in [3.05, 3.63) is 29.3 Å². The normalized spacial score (nSPS) is 22.8. The first-order valence-corrected chi connectivity index (χ1v) is 9.60. The van der Waals surface area contributed by atoms with Crippen LogP contribution in [-0.2, 0) is 20.8 Å². The van der Waals surface area contributed by atoms with E-state index in [0.717, 1.165) is 0 Å². The fraction of sp³-hybridized carbons (Fsp3) is 0.462. The van der Waals surface area contributed by atoms with Crippen LogP contribution >= 0.6 is 0 Å². The predicted molar refractivity (Wildman–Crippen MR) is 80.9 cm³/mol. The number of benzene rings is 1. The van der Waals surface area contributed by atoms with Gasteiger partial charge in [-0.05, 0) is 43.5 Å². The summed E-state index contributed by atoms with van der Waals surface area (Å²) >= 11 is 0. The fourth-order valence-corrected chi connectivity index (χ4v) is 4.17. The van der Waals surface area contributed by atoms with E-state index in [9.17, 15) is 17.4 Å². The Bertz CT molecular complexity index is 675. The van der Waals surface area contributed by atoms with Crippen LogP contribution in [0.25, 0.3) is 0 Å². The average Bonchev–Trinajstić information content (AvgIpc) is 2.40. The van der Waals surface area contributed by atoms with E-state index in [4.69, 9.17) is 5.14 Å². The molecule has 3 N–H and O–H groups in total. The Hall–Kier alpha value is -1.25. The standard InChI is InChI=1S/C13H18N2O4S2/c1-9-8-11(21(14,18)19)2-3-12(9)13(16)15-10-4-6-20(17)7-5-10/h2-3,8,10H,4-7H2,1H3,(H,15,16)(H2,14,18,19). The number of nitrogens with two attached hydrogens (primary N) is 1. The van der Waals surface area contributed by atoms with Crippen LogP contribution < -0.4 is 10.5 Å². The quantitative estimate of drug-likeness (QED) is 0.830. The highest BCUT2D eigenvalue weighted by molar-refractivity contribution is 7.89. The minimum atomic E-state index is -3.77. The molecule has 6 nitrogen and oxygen atoms in total. The Morgan fingerprint density at radius 2 is 1.95 bits per heavy atom. The van der Waals surface area contributed by atoms with Gasteiger partial charge in [0, 0.05) is 33.9 Å². The molecule has 0 saturated carbocycles. The van der Waals surface area contributed by atoms with Gasteiger partial charge in [-0.15, -0.1) is 0 Å². The smallest absolute Gasteiger partial charge is 0.251 e. The summed E-state index contributed by atoms with van der Waals surface area (Å²) in [7, 11) is -4.54. The first-order valence-electron chi connectivity index (χ1n) is 6.56. The molecule has 0 radical (unpaired) electrons. The largest absolute Gasteiger partial charge is 0.349 e. The third kappa shape index (κ3) is 4.12. The zero-order valence-electron chi connectivity index (χ0n) is 11.7. The van der Waals surface area contributed by atoms with Crippen molar-refractivity contribution in [3.63, 3.8) is 0 Å². The van der Waals surface area contributed by atoms with Crippen molar-refractivity contribution >= 4 is 26.7 Å². The highest BCUT2D eigenvalue weighted by Gasteiger charge is 2.21. The van der Waals surface area contributed by atoms with Gasteiger partial charge in [0.05, 0.1) is 4.90 Å². The van der Waals surface area contributed by atoms with Crippen LogP contribution in [0.15, 0.2) is 23.1 Å². The summed E-state index contributed by atoms with van der Waals surface area (Å²) in [5.74, 6) is 0.967. The highest BCUT2D eigenvalue weighted by atomic mass is 32.2. The maximum Gasteiger partial charge on any atom is 0.251 e. The van der Waals surface area contributed by atoms with Crippen LogP contribution in [0.2, 0.25) is 0 Å². The summed E-state index contributed by atoms with van der Waals surface area (Å²) in [6, 6.07) is 4.20. The third-order valence-corrected chi connectivity index (χ3v) is 5.79. The molecule has 0 aromatic heterocycles. The summed E-state index contributed by atoms with van der Waals surface area (Å²) in [5, 5.41) is 7.96.